The summed E-state index contributed by atoms with van der Waals surface area (Å²) < 4.78 is 27.3. The van der Waals surface area contributed by atoms with Crippen LogP contribution in [0.3, 0.4) is 0 Å². The predicted molar refractivity (Wildman–Crippen MR) is 80.0 cm³/mol. The van der Waals surface area contributed by atoms with E-state index < -0.39 is 23.1 Å². The summed E-state index contributed by atoms with van der Waals surface area (Å²) in [6.07, 6.45) is 1.35. The van der Waals surface area contributed by atoms with Crippen LogP contribution in [0.15, 0.2) is 24.4 Å². The van der Waals surface area contributed by atoms with Gasteiger partial charge in [0.25, 0.3) is 5.91 Å². The van der Waals surface area contributed by atoms with Crippen molar-refractivity contribution >= 4 is 11.6 Å². The number of carbonyl (C=O) groups is 1. The van der Waals surface area contributed by atoms with E-state index in [1.54, 1.807) is 0 Å². The molecule has 3 aromatic rings. The minimum atomic E-state index is -0.933. The second-order valence-corrected chi connectivity index (χ2v) is 5.01. The lowest BCUT2D eigenvalue weighted by Crippen LogP contribution is -2.16. The summed E-state index contributed by atoms with van der Waals surface area (Å²) in [7, 11) is 0. The summed E-state index contributed by atoms with van der Waals surface area (Å²) in [5.41, 5.74) is 1.71. The molecule has 0 fully saturated rings. The highest BCUT2D eigenvalue weighted by molar-refractivity contribution is 6.06. The molecule has 1 aromatic carbocycles. The average molecular weight is 317 g/mol. The quantitative estimate of drug-likeness (QED) is 0.694. The van der Waals surface area contributed by atoms with Gasteiger partial charge in [0.05, 0.1) is 17.6 Å². The molecule has 0 saturated heterocycles. The van der Waals surface area contributed by atoms with Crippen molar-refractivity contribution in [3.63, 3.8) is 0 Å². The van der Waals surface area contributed by atoms with Crippen molar-refractivity contribution < 1.29 is 13.6 Å². The fraction of sp³-hybridized carbons (Fsp3) is 0.133. The van der Waals surface area contributed by atoms with E-state index in [4.69, 9.17) is 0 Å². The molecule has 0 spiro atoms. The predicted octanol–water partition coefficient (Wildman–Crippen LogP) is 2.95. The molecule has 6 nitrogen and oxygen atoms in total. The largest absolute Gasteiger partial charge is 0.341 e. The average Bonchev–Trinajstić information content (AvgIpc) is 3.06. The Balaban J connectivity index is 1.93. The normalized spacial score (nSPS) is 10.8. The second kappa shape index (κ2) is 5.64. The Morgan fingerprint density at radius 2 is 1.91 bits per heavy atom. The van der Waals surface area contributed by atoms with Crippen molar-refractivity contribution in [2.24, 2.45) is 0 Å². The lowest BCUT2D eigenvalue weighted by Gasteiger charge is -2.06. The molecule has 1 amide bonds. The SMILES string of the molecule is Cc1nc(-c2[nH]ncc2NC(=O)c2c(F)cccc2F)[nH]c1C. The first-order chi connectivity index (χ1) is 11.0. The first-order valence-electron chi connectivity index (χ1n) is 6.79. The number of nitrogens with one attached hydrogen (secondary N) is 3. The van der Waals surface area contributed by atoms with Gasteiger partial charge in [0.15, 0.2) is 5.82 Å². The number of aromatic amines is 2. The number of hydrogen-bond donors (Lipinski definition) is 3. The number of halogens is 2. The van der Waals surface area contributed by atoms with E-state index in [2.05, 4.69) is 25.5 Å². The molecule has 0 aliphatic rings. The molecule has 3 N–H and O–H groups in total. The first-order valence-corrected chi connectivity index (χ1v) is 6.79. The molecule has 2 aromatic heterocycles. The van der Waals surface area contributed by atoms with Gasteiger partial charge < -0.3 is 10.3 Å². The van der Waals surface area contributed by atoms with Crippen LogP contribution >= 0.6 is 0 Å². The van der Waals surface area contributed by atoms with Crippen molar-refractivity contribution in [2.45, 2.75) is 13.8 Å². The zero-order chi connectivity index (χ0) is 16.6. The number of aromatic nitrogens is 4. The number of benzene rings is 1. The second-order valence-electron chi connectivity index (χ2n) is 5.01. The van der Waals surface area contributed by atoms with E-state index in [0.29, 0.717) is 11.5 Å². The van der Waals surface area contributed by atoms with Gasteiger partial charge in [-0.05, 0) is 26.0 Å². The van der Waals surface area contributed by atoms with Crippen LogP contribution in [0.5, 0.6) is 0 Å². The van der Waals surface area contributed by atoms with Gasteiger partial charge in [0.2, 0.25) is 0 Å². The summed E-state index contributed by atoms with van der Waals surface area (Å²) in [6.45, 7) is 3.69. The molecule has 118 valence electrons. The molecule has 0 radical (unpaired) electrons. The van der Waals surface area contributed by atoms with Crippen LogP contribution < -0.4 is 5.32 Å². The van der Waals surface area contributed by atoms with Crippen LogP contribution in [0.2, 0.25) is 0 Å². The molecule has 0 bridgehead atoms. The number of imidazole rings is 1. The maximum Gasteiger partial charge on any atom is 0.261 e. The maximum atomic E-state index is 13.7. The zero-order valence-electron chi connectivity index (χ0n) is 12.4. The minimum absolute atomic E-state index is 0.270. The molecule has 0 atom stereocenters. The Hall–Kier alpha value is -3.03. The van der Waals surface area contributed by atoms with Crippen LogP contribution in [0.4, 0.5) is 14.5 Å². The minimum Gasteiger partial charge on any atom is -0.341 e. The smallest absolute Gasteiger partial charge is 0.261 e. The zero-order valence-corrected chi connectivity index (χ0v) is 12.4. The van der Waals surface area contributed by atoms with E-state index in [9.17, 15) is 13.6 Å². The highest BCUT2D eigenvalue weighted by Crippen LogP contribution is 2.25. The van der Waals surface area contributed by atoms with Gasteiger partial charge in [-0.25, -0.2) is 13.8 Å². The molecule has 23 heavy (non-hydrogen) atoms. The lowest BCUT2D eigenvalue weighted by atomic mass is 10.2. The number of aryl methyl sites for hydroxylation is 2. The first kappa shape index (κ1) is 14.9. The Morgan fingerprint density at radius 3 is 2.52 bits per heavy atom. The number of anilines is 1. The van der Waals surface area contributed by atoms with Crippen molar-refractivity contribution in [1.29, 1.82) is 0 Å². The van der Waals surface area contributed by atoms with Crippen LogP contribution in [0, 0.1) is 25.5 Å². The van der Waals surface area contributed by atoms with Gasteiger partial charge >= 0.3 is 0 Å². The van der Waals surface area contributed by atoms with E-state index in [1.165, 1.54) is 12.3 Å². The number of carbonyl (C=O) groups excluding carboxylic acids is 1. The van der Waals surface area contributed by atoms with Crippen molar-refractivity contribution in [1.82, 2.24) is 20.2 Å². The Morgan fingerprint density at radius 1 is 1.22 bits per heavy atom. The summed E-state index contributed by atoms with van der Waals surface area (Å²) in [5.74, 6) is -2.29. The van der Waals surface area contributed by atoms with Gasteiger partial charge in [-0.3, -0.25) is 9.89 Å². The fourth-order valence-electron chi connectivity index (χ4n) is 2.13. The van der Waals surface area contributed by atoms with Gasteiger partial charge in [0.1, 0.15) is 22.9 Å². The third kappa shape index (κ3) is 2.70. The van der Waals surface area contributed by atoms with Crippen molar-refractivity contribution in [3.05, 3.63) is 53.0 Å². The molecule has 0 aliphatic heterocycles. The third-order valence-corrected chi connectivity index (χ3v) is 3.44. The monoisotopic (exact) mass is 317 g/mol. The van der Waals surface area contributed by atoms with Crippen LogP contribution in [0.1, 0.15) is 21.7 Å². The number of nitrogens with zero attached hydrogens (tertiary/aromatic N) is 2. The number of amides is 1. The summed E-state index contributed by atoms with van der Waals surface area (Å²) in [4.78, 5) is 19.5. The Labute approximate surface area is 130 Å². The number of H-pyrrole nitrogens is 2. The number of hydrogen-bond acceptors (Lipinski definition) is 3. The maximum absolute atomic E-state index is 13.7. The van der Waals surface area contributed by atoms with Crippen LogP contribution in [-0.2, 0) is 0 Å². The number of rotatable bonds is 3. The molecular weight excluding hydrogens is 304 g/mol. The summed E-state index contributed by atoms with van der Waals surface area (Å²) >= 11 is 0. The van der Waals surface area contributed by atoms with Gasteiger partial charge in [-0.15, -0.1) is 0 Å². The van der Waals surface area contributed by atoms with E-state index in [-0.39, 0.29) is 5.69 Å². The molecule has 8 heteroatoms. The summed E-state index contributed by atoms with van der Waals surface area (Å²) in [6, 6.07) is 3.24. The molecular formula is C15H13F2N5O. The molecule has 0 saturated carbocycles. The van der Waals surface area contributed by atoms with Crippen molar-refractivity contribution in [2.75, 3.05) is 5.32 Å². The molecule has 0 unspecified atom stereocenters. The topological polar surface area (TPSA) is 86.5 Å². The van der Waals surface area contributed by atoms with Gasteiger partial charge in [-0.1, -0.05) is 6.07 Å². The lowest BCUT2D eigenvalue weighted by molar-refractivity contribution is 0.101. The standard InChI is InChI=1S/C15H13F2N5O/c1-7-8(2)20-14(19-7)13-11(6-18-22-13)21-15(23)12-9(16)4-3-5-10(12)17/h3-6H,1-2H3,(H,18,22)(H,19,20)(H,21,23). The summed E-state index contributed by atoms with van der Waals surface area (Å²) in [5, 5.41) is 8.99. The molecule has 2 heterocycles. The van der Waals surface area contributed by atoms with E-state index >= 15 is 0 Å². The van der Waals surface area contributed by atoms with Crippen molar-refractivity contribution in [3.8, 4) is 11.5 Å². The van der Waals surface area contributed by atoms with Gasteiger partial charge in [0, 0.05) is 5.69 Å². The van der Waals surface area contributed by atoms with Crippen LogP contribution in [0.25, 0.3) is 11.5 Å². The molecule has 0 aliphatic carbocycles. The Kier molecular flexibility index (Phi) is 3.65. The van der Waals surface area contributed by atoms with E-state index in [0.717, 1.165) is 23.5 Å². The third-order valence-electron chi connectivity index (χ3n) is 3.44. The highest BCUT2D eigenvalue weighted by Gasteiger charge is 2.20. The van der Waals surface area contributed by atoms with Gasteiger partial charge in [-0.2, -0.15) is 5.10 Å². The fourth-order valence-corrected chi connectivity index (χ4v) is 2.13. The molecule has 3 rings (SSSR count). The highest BCUT2D eigenvalue weighted by atomic mass is 19.1. The van der Waals surface area contributed by atoms with Crippen LogP contribution in [-0.4, -0.2) is 26.1 Å². The van der Waals surface area contributed by atoms with E-state index in [1.807, 2.05) is 13.8 Å². The Bertz CT molecular complexity index is 844.